The van der Waals surface area contributed by atoms with E-state index < -0.39 is 11.3 Å². The van der Waals surface area contributed by atoms with Crippen LogP contribution >= 0.6 is 11.8 Å². The standard InChI is InChI=1S/C21H23N5O3S/c1-29-14-6-4-13(5-7-14)26-15-8-10-23-20-16(15)17(25-21(26)28)18(30-20)19(27)24-12-3-2-9-22-11-12/h4-8,10,12,17-18,22H,2-3,9,11H2,1H3,(H,24,27)(H,25,28)/t12?,17?,18-/m1/s1. The van der Waals surface area contributed by atoms with Gasteiger partial charge in [-0.15, -0.1) is 0 Å². The average Bonchev–Trinajstić information content (AvgIpc) is 3.14. The van der Waals surface area contributed by atoms with Crippen molar-refractivity contribution in [3.8, 4) is 5.75 Å². The molecule has 9 heteroatoms. The molecule has 1 aromatic heterocycles. The number of hydrogen-bond donors (Lipinski definition) is 3. The highest BCUT2D eigenvalue weighted by atomic mass is 32.2. The summed E-state index contributed by atoms with van der Waals surface area (Å²) in [6.45, 7) is 1.77. The molecule has 156 valence electrons. The highest BCUT2D eigenvalue weighted by Gasteiger charge is 2.46. The van der Waals surface area contributed by atoms with Crippen LogP contribution in [0, 0.1) is 0 Å². The molecule has 5 rings (SSSR count). The fourth-order valence-electron chi connectivity index (χ4n) is 4.27. The van der Waals surface area contributed by atoms with Crippen LogP contribution in [0.1, 0.15) is 24.4 Å². The van der Waals surface area contributed by atoms with Gasteiger partial charge in [-0.05, 0) is 49.7 Å². The van der Waals surface area contributed by atoms with E-state index in [0.29, 0.717) is 0 Å². The van der Waals surface area contributed by atoms with Crippen molar-refractivity contribution in [3.05, 3.63) is 42.1 Å². The Hall–Kier alpha value is -2.78. The molecule has 8 nitrogen and oxygen atoms in total. The lowest BCUT2D eigenvalue weighted by molar-refractivity contribution is -0.121. The molecule has 1 aromatic carbocycles. The lowest BCUT2D eigenvalue weighted by Crippen LogP contribution is -2.52. The number of thioether (sulfide) groups is 1. The van der Waals surface area contributed by atoms with Gasteiger partial charge >= 0.3 is 6.03 Å². The second-order valence-corrected chi connectivity index (χ2v) is 8.73. The summed E-state index contributed by atoms with van der Waals surface area (Å²) in [5, 5.41) is 9.85. The Bertz CT molecular complexity index is 977. The van der Waals surface area contributed by atoms with Crippen molar-refractivity contribution in [2.24, 2.45) is 0 Å². The van der Waals surface area contributed by atoms with Crippen LogP contribution in [0.3, 0.4) is 0 Å². The van der Waals surface area contributed by atoms with E-state index in [1.54, 1.807) is 18.2 Å². The molecule has 4 heterocycles. The van der Waals surface area contributed by atoms with E-state index in [1.807, 2.05) is 30.3 Å². The maximum atomic E-state index is 13.1. The summed E-state index contributed by atoms with van der Waals surface area (Å²) in [5.74, 6) is 0.666. The maximum absolute atomic E-state index is 13.1. The molecule has 30 heavy (non-hydrogen) atoms. The van der Waals surface area contributed by atoms with Gasteiger partial charge in [-0.2, -0.15) is 0 Å². The highest BCUT2D eigenvalue weighted by molar-refractivity contribution is 8.01. The Balaban J connectivity index is 1.44. The van der Waals surface area contributed by atoms with Gasteiger partial charge in [0.1, 0.15) is 16.0 Å². The molecule has 3 atom stereocenters. The Labute approximate surface area is 178 Å². The summed E-state index contributed by atoms with van der Waals surface area (Å²) >= 11 is 1.42. The van der Waals surface area contributed by atoms with Gasteiger partial charge in [0.25, 0.3) is 0 Å². The number of urea groups is 1. The number of rotatable bonds is 4. The fraction of sp³-hybridized carbons (Fsp3) is 0.381. The first-order chi connectivity index (χ1) is 14.7. The SMILES string of the molecule is COc1ccc(N2C(=O)NC3c4c2ccnc4S[C@H]3C(=O)NC2CCCNC2)cc1. The van der Waals surface area contributed by atoms with Crippen LogP contribution in [0.25, 0.3) is 0 Å². The van der Waals surface area contributed by atoms with Crippen LogP contribution in [0.4, 0.5) is 16.2 Å². The van der Waals surface area contributed by atoms with Gasteiger partial charge in [0.2, 0.25) is 5.91 Å². The molecule has 2 unspecified atom stereocenters. The quantitative estimate of drug-likeness (QED) is 0.696. The third kappa shape index (κ3) is 3.27. The van der Waals surface area contributed by atoms with E-state index >= 15 is 0 Å². The summed E-state index contributed by atoms with van der Waals surface area (Å²) in [6, 6.07) is 8.63. The van der Waals surface area contributed by atoms with Crippen LogP contribution in [-0.4, -0.2) is 48.4 Å². The van der Waals surface area contributed by atoms with Gasteiger partial charge in [0.05, 0.1) is 24.5 Å². The number of carbonyl (C=O) groups is 2. The first kappa shape index (κ1) is 19.2. The molecular weight excluding hydrogens is 402 g/mol. The number of anilines is 2. The number of amides is 3. The van der Waals surface area contributed by atoms with Gasteiger partial charge in [0, 0.05) is 24.3 Å². The third-order valence-electron chi connectivity index (χ3n) is 5.74. The first-order valence-corrected chi connectivity index (χ1v) is 10.9. The van der Waals surface area contributed by atoms with Gasteiger partial charge < -0.3 is 20.7 Å². The first-order valence-electron chi connectivity index (χ1n) is 10.1. The number of aromatic nitrogens is 1. The minimum Gasteiger partial charge on any atom is -0.497 e. The number of carbonyl (C=O) groups excluding carboxylic acids is 2. The van der Waals surface area contributed by atoms with Gasteiger partial charge in [-0.1, -0.05) is 11.8 Å². The number of benzene rings is 1. The molecule has 0 saturated carbocycles. The Kier molecular flexibility index (Phi) is 5.00. The minimum absolute atomic E-state index is 0.0548. The van der Waals surface area contributed by atoms with Crippen molar-refractivity contribution in [2.75, 3.05) is 25.1 Å². The lowest BCUT2D eigenvalue weighted by atomic mass is 9.99. The van der Waals surface area contributed by atoms with Crippen LogP contribution in [0.5, 0.6) is 5.75 Å². The van der Waals surface area contributed by atoms with Crippen molar-refractivity contribution in [3.63, 3.8) is 0 Å². The molecule has 2 aromatic rings. The van der Waals surface area contributed by atoms with E-state index in [0.717, 1.165) is 53.6 Å². The second-order valence-electron chi connectivity index (χ2n) is 7.60. The van der Waals surface area contributed by atoms with E-state index in [2.05, 4.69) is 20.9 Å². The summed E-state index contributed by atoms with van der Waals surface area (Å²) in [4.78, 5) is 32.2. The molecule has 0 bridgehead atoms. The van der Waals surface area contributed by atoms with Crippen molar-refractivity contribution in [1.29, 1.82) is 0 Å². The number of methoxy groups -OCH3 is 1. The predicted octanol–water partition coefficient (Wildman–Crippen LogP) is 2.34. The number of piperidine rings is 1. The van der Waals surface area contributed by atoms with Crippen molar-refractivity contribution in [1.82, 2.24) is 20.9 Å². The molecule has 3 amide bonds. The summed E-state index contributed by atoms with van der Waals surface area (Å²) in [7, 11) is 1.61. The molecule has 1 fully saturated rings. The number of hydrogen-bond acceptors (Lipinski definition) is 6. The summed E-state index contributed by atoms with van der Waals surface area (Å²) in [6.07, 6.45) is 3.71. The number of nitrogens with one attached hydrogen (secondary N) is 3. The highest BCUT2D eigenvalue weighted by Crippen LogP contribution is 2.50. The normalized spacial score (nSPS) is 24.8. The van der Waals surface area contributed by atoms with E-state index in [-0.39, 0.29) is 18.0 Å². The summed E-state index contributed by atoms with van der Waals surface area (Å²) < 4.78 is 5.22. The Morgan fingerprint density at radius 3 is 2.87 bits per heavy atom. The number of ether oxygens (including phenoxy) is 1. The molecule has 0 aliphatic carbocycles. The van der Waals surface area contributed by atoms with Crippen LogP contribution in [0.15, 0.2) is 41.6 Å². The summed E-state index contributed by atoms with van der Waals surface area (Å²) in [5.41, 5.74) is 2.40. The number of nitrogens with zero attached hydrogens (tertiary/aromatic N) is 2. The van der Waals surface area contributed by atoms with Crippen molar-refractivity contribution in [2.45, 2.75) is 35.2 Å². The molecule has 1 saturated heterocycles. The minimum atomic E-state index is -0.433. The van der Waals surface area contributed by atoms with E-state index in [9.17, 15) is 9.59 Å². The largest absolute Gasteiger partial charge is 0.497 e. The zero-order chi connectivity index (χ0) is 20.7. The Morgan fingerprint density at radius 1 is 1.30 bits per heavy atom. The maximum Gasteiger partial charge on any atom is 0.327 e. The molecule has 3 aliphatic heterocycles. The van der Waals surface area contributed by atoms with Crippen molar-refractivity contribution >= 4 is 35.1 Å². The van der Waals surface area contributed by atoms with E-state index in [1.165, 1.54) is 11.8 Å². The monoisotopic (exact) mass is 425 g/mol. The zero-order valence-electron chi connectivity index (χ0n) is 16.6. The number of pyridine rings is 1. The van der Waals surface area contributed by atoms with Crippen LogP contribution in [0.2, 0.25) is 0 Å². The van der Waals surface area contributed by atoms with Gasteiger partial charge in [-0.3, -0.25) is 9.69 Å². The Morgan fingerprint density at radius 2 is 2.13 bits per heavy atom. The van der Waals surface area contributed by atoms with Crippen LogP contribution in [-0.2, 0) is 4.79 Å². The van der Waals surface area contributed by atoms with Crippen molar-refractivity contribution < 1.29 is 14.3 Å². The lowest BCUT2D eigenvalue weighted by Gasteiger charge is -2.34. The van der Waals surface area contributed by atoms with Crippen LogP contribution < -0.4 is 25.6 Å². The van der Waals surface area contributed by atoms with Gasteiger partial charge in [0.15, 0.2) is 0 Å². The molecular formula is C21H23N5O3S. The smallest absolute Gasteiger partial charge is 0.327 e. The molecule has 0 radical (unpaired) electrons. The van der Waals surface area contributed by atoms with E-state index in [4.69, 9.17) is 4.74 Å². The van der Waals surface area contributed by atoms with Gasteiger partial charge in [-0.25, -0.2) is 9.78 Å². The topological polar surface area (TPSA) is 95.6 Å². The zero-order valence-corrected chi connectivity index (χ0v) is 17.4. The molecule has 3 N–H and O–H groups in total. The second kappa shape index (κ2) is 7.81. The third-order valence-corrected chi connectivity index (χ3v) is 7.03. The average molecular weight is 426 g/mol. The molecule has 0 spiro atoms. The predicted molar refractivity (Wildman–Crippen MR) is 114 cm³/mol. The fourth-order valence-corrected chi connectivity index (χ4v) is 5.51. The molecule has 3 aliphatic rings.